The van der Waals surface area contributed by atoms with E-state index < -0.39 is 0 Å². The van der Waals surface area contributed by atoms with Gasteiger partial charge in [-0.15, -0.1) is 0 Å². The van der Waals surface area contributed by atoms with E-state index >= 15 is 0 Å². The van der Waals surface area contributed by atoms with E-state index in [-0.39, 0.29) is 18.1 Å². The molecular formula is C15H24N2O3. The molecule has 0 aliphatic rings. The Labute approximate surface area is 120 Å². The highest BCUT2D eigenvalue weighted by Gasteiger charge is 2.18. The summed E-state index contributed by atoms with van der Waals surface area (Å²) in [5.74, 6) is 0.471. The van der Waals surface area contributed by atoms with Crippen LogP contribution in [0.1, 0.15) is 26.3 Å². The molecule has 1 aromatic carbocycles. The Morgan fingerprint density at radius 2 is 2.05 bits per heavy atom. The van der Waals surface area contributed by atoms with E-state index in [1.165, 1.54) is 0 Å². The van der Waals surface area contributed by atoms with Crippen LogP contribution in [0.15, 0.2) is 24.3 Å². The standard InChI is InChI=1S/C15H24N2O3/c1-4-20-15(2,3)11-17-14(18)10-19-13-8-6-5-7-12(13)9-16/h5-8H,4,9-11,16H2,1-3H3,(H,17,18). The molecule has 1 rings (SSSR count). The van der Waals surface area contributed by atoms with Crippen LogP contribution in [0.2, 0.25) is 0 Å². The summed E-state index contributed by atoms with van der Waals surface area (Å²) in [6.45, 7) is 7.21. The Balaban J connectivity index is 2.40. The van der Waals surface area contributed by atoms with Crippen molar-refractivity contribution in [2.24, 2.45) is 5.73 Å². The number of nitrogens with one attached hydrogen (secondary N) is 1. The Hall–Kier alpha value is -1.59. The van der Waals surface area contributed by atoms with Crippen LogP contribution in [0.25, 0.3) is 0 Å². The molecule has 0 saturated carbocycles. The van der Waals surface area contributed by atoms with Crippen LogP contribution in [0.4, 0.5) is 0 Å². The number of nitrogens with two attached hydrogens (primary N) is 1. The molecule has 0 bridgehead atoms. The van der Waals surface area contributed by atoms with Crippen molar-refractivity contribution in [2.75, 3.05) is 19.8 Å². The molecule has 0 spiro atoms. The summed E-state index contributed by atoms with van der Waals surface area (Å²) >= 11 is 0. The minimum atomic E-state index is -0.375. The van der Waals surface area contributed by atoms with Crippen molar-refractivity contribution in [3.8, 4) is 5.75 Å². The number of para-hydroxylation sites is 1. The van der Waals surface area contributed by atoms with Crippen molar-refractivity contribution in [1.29, 1.82) is 0 Å². The second kappa shape index (κ2) is 7.87. The maximum atomic E-state index is 11.7. The average Bonchev–Trinajstić information content (AvgIpc) is 2.43. The van der Waals surface area contributed by atoms with Crippen LogP contribution in [0, 0.1) is 0 Å². The second-order valence-electron chi connectivity index (χ2n) is 5.07. The zero-order valence-electron chi connectivity index (χ0n) is 12.4. The summed E-state index contributed by atoms with van der Waals surface area (Å²) in [7, 11) is 0. The van der Waals surface area contributed by atoms with Crippen LogP contribution in [0.3, 0.4) is 0 Å². The number of hydrogen-bond donors (Lipinski definition) is 2. The number of amides is 1. The van der Waals surface area contributed by atoms with Crippen molar-refractivity contribution in [1.82, 2.24) is 5.32 Å². The lowest BCUT2D eigenvalue weighted by atomic mass is 10.1. The zero-order valence-corrected chi connectivity index (χ0v) is 12.4. The van der Waals surface area contributed by atoms with Gasteiger partial charge >= 0.3 is 0 Å². The first kappa shape index (κ1) is 16.5. The highest BCUT2D eigenvalue weighted by molar-refractivity contribution is 5.77. The molecule has 0 aliphatic carbocycles. The van der Waals surface area contributed by atoms with E-state index in [2.05, 4.69) is 5.32 Å². The number of hydrogen-bond acceptors (Lipinski definition) is 4. The van der Waals surface area contributed by atoms with Crippen molar-refractivity contribution in [3.63, 3.8) is 0 Å². The minimum absolute atomic E-state index is 0.0286. The van der Waals surface area contributed by atoms with Gasteiger partial charge in [-0.1, -0.05) is 18.2 Å². The van der Waals surface area contributed by atoms with Crippen molar-refractivity contribution in [2.45, 2.75) is 32.9 Å². The molecule has 20 heavy (non-hydrogen) atoms. The van der Waals surface area contributed by atoms with Gasteiger partial charge in [0.15, 0.2) is 6.61 Å². The number of benzene rings is 1. The molecule has 1 aromatic rings. The molecule has 0 saturated heterocycles. The largest absolute Gasteiger partial charge is 0.483 e. The molecule has 0 aromatic heterocycles. The molecule has 1 amide bonds. The summed E-state index contributed by atoms with van der Waals surface area (Å²) in [4.78, 5) is 11.7. The Kier molecular flexibility index (Phi) is 6.48. The highest BCUT2D eigenvalue weighted by atomic mass is 16.5. The molecule has 112 valence electrons. The molecule has 0 unspecified atom stereocenters. The fraction of sp³-hybridized carbons (Fsp3) is 0.533. The van der Waals surface area contributed by atoms with E-state index in [4.69, 9.17) is 15.2 Å². The van der Waals surface area contributed by atoms with Gasteiger partial charge < -0.3 is 20.5 Å². The van der Waals surface area contributed by atoms with Crippen molar-refractivity contribution in [3.05, 3.63) is 29.8 Å². The zero-order chi connectivity index (χ0) is 15.0. The number of rotatable bonds is 8. The van der Waals surface area contributed by atoms with E-state index in [9.17, 15) is 4.79 Å². The smallest absolute Gasteiger partial charge is 0.258 e. The van der Waals surface area contributed by atoms with Crippen LogP contribution >= 0.6 is 0 Å². The van der Waals surface area contributed by atoms with Crippen LogP contribution in [0.5, 0.6) is 5.75 Å². The van der Waals surface area contributed by atoms with E-state index in [0.717, 1.165) is 5.56 Å². The summed E-state index contributed by atoms with van der Waals surface area (Å²) in [5, 5.41) is 2.80. The predicted molar refractivity (Wildman–Crippen MR) is 78.5 cm³/mol. The molecule has 0 aliphatic heterocycles. The first-order chi connectivity index (χ1) is 9.48. The van der Waals surface area contributed by atoms with Gasteiger partial charge in [0.25, 0.3) is 5.91 Å². The predicted octanol–water partition coefficient (Wildman–Crippen LogP) is 1.46. The van der Waals surface area contributed by atoms with Gasteiger partial charge in [0.05, 0.1) is 5.60 Å². The van der Waals surface area contributed by atoms with Crippen molar-refractivity contribution < 1.29 is 14.3 Å². The van der Waals surface area contributed by atoms with E-state index in [1.54, 1.807) is 6.07 Å². The molecular weight excluding hydrogens is 256 g/mol. The third kappa shape index (κ3) is 5.59. The fourth-order valence-electron chi connectivity index (χ4n) is 1.76. The Morgan fingerprint density at radius 1 is 1.35 bits per heavy atom. The quantitative estimate of drug-likeness (QED) is 0.756. The van der Waals surface area contributed by atoms with E-state index in [0.29, 0.717) is 25.4 Å². The van der Waals surface area contributed by atoms with E-state index in [1.807, 2.05) is 39.0 Å². The number of carbonyl (C=O) groups excluding carboxylic acids is 1. The minimum Gasteiger partial charge on any atom is -0.483 e. The van der Waals surface area contributed by atoms with Gasteiger partial charge in [-0.3, -0.25) is 4.79 Å². The maximum Gasteiger partial charge on any atom is 0.258 e. The number of carbonyl (C=O) groups is 1. The summed E-state index contributed by atoms with van der Waals surface area (Å²) < 4.78 is 11.0. The Bertz CT molecular complexity index is 433. The van der Waals surface area contributed by atoms with Gasteiger partial charge in [0.1, 0.15) is 5.75 Å². The normalized spacial score (nSPS) is 11.2. The molecule has 0 radical (unpaired) electrons. The first-order valence-electron chi connectivity index (χ1n) is 6.80. The second-order valence-corrected chi connectivity index (χ2v) is 5.07. The van der Waals surface area contributed by atoms with Crippen LogP contribution < -0.4 is 15.8 Å². The Morgan fingerprint density at radius 3 is 2.70 bits per heavy atom. The molecule has 0 fully saturated rings. The van der Waals surface area contributed by atoms with Crippen LogP contribution in [-0.2, 0) is 16.1 Å². The first-order valence-corrected chi connectivity index (χ1v) is 6.80. The van der Waals surface area contributed by atoms with Gasteiger partial charge in [-0.2, -0.15) is 0 Å². The summed E-state index contributed by atoms with van der Waals surface area (Å²) in [6.07, 6.45) is 0. The summed E-state index contributed by atoms with van der Waals surface area (Å²) in [6, 6.07) is 7.43. The molecule has 0 heterocycles. The lowest BCUT2D eigenvalue weighted by molar-refractivity contribution is -0.124. The third-order valence-corrected chi connectivity index (χ3v) is 2.80. The molecule has 0 atom stereocenters. The highest BCUT2D eigenvalue weighted by Crippen LogP contribution is 2.16. The SMILES string of the molecule is CCOC(C)(C)CNC(=O)COc1ccccc1CN. The monoisotopic (exact) mass is 280 g/mol. The van der Waals surface area contributed by atoms with Crippen LogP contribution in [-0.4, -0.2) is 31.3 Å². The van der Waals surface area contributed by atoms with Gasteiger partial charge in [-0.05, 0) is 26.8 Å². The van der Waals surface area contributed by atoms with Crippen molar-refractivity contribution >= 4 is 5.91 Å². The summed E-state index contributed by atoms with van der Waals surface area (Å²) in [5.41, 5.74) is 6.12. The lowest BCUT2D eigenvalue weighted by Gasteiger charge is -2.24. The molecule has 5 heteroatoms. The molecule has 5 nitrogen and oxygen atoms in total. The maximum absolute atomic E-state index is 11.7. The fourth-order valence-corrected chi connectivity index (χ4v) is 1.76. The van der Waals surface area contributed by atoms with Gasteiger partial charge in [0.2, 0.25) is 0 Å². The third-order valence-electron chi connectivity index (χ3n) is 2.80. The lowest BCUT2D eigenvalue weighted by Crippen LogP contribution is -2.42. The molecule has 3 N–H and O–H groups in total. The van der Waals surface area contributed by atoms with Gasteiger partial charge in [-0.25, -0.2) is 0 Å². The average molecular weight is 280 g/mol. The number of ether oxygens (including phenoxy) is 2. The van der Waals surface area contributed by atoms with Gasteiger partial charge in [0, 0.05) is 25.3 Å². The topological polar surface area (TPSA) is 73.6 Å².